The minimum absolute atomic E-state index is 0.0346. The van der Waals surface area contributed by atoms with Crippen LogP contribution in [0.4, 0.5) is 5.69 Å². The van der Waals surface area contributed by atoms with Crippen LogP contribution in [0.15, 0.2) is 41.3 Å². The van der Waals surface area contributed by atoms with Gasteiger partial charge in [0.15, 0.2) is 0 Å². The van der Waals surface area contributed by atoms with E-state index in [1.807, 2.05) is 31.5 Å². The lowest BCUT2D eigenvalue weighted by Crippen LogP contribution is -2.17. The smallest absolute Gasteiger partial charge is 0.249 e. The van der Waals surface area contributed by atoms with Crippen LogP contribution < -0.4 is 14.8 Å². The highest BCUT2D eigenvalue weighted by Gasteiger charge is 2.26. The van der Waals surface area contributed by atoms with Gasteiger partial charge in [0.2, 0.25) is 10.0 Å². The lowest BCUT2D eigenvalue weighted by atomic mass is 9.99. The molecule has 0 aliphatic carbocycles. The molecule has 164 valence electrons. The van der Waals surface area contributed by atoms with E-state index >= 15 is 0 Å². The monoisotopic (exact) mass is 488 g/mol. The summed E-state index contributed by atoms with van der Waals surface area (Å²) in [6.45, 7) is 7.45. The summed E-state index contributed by atoms with van der Waals surface area (Å²) < 4.78 is 39.2. The maximum Gasteiger partial charge on any atom is 0.249 e. The molecule has 3 rings (SSSR count). The molecule has 0 fully saturated rings. The SMILES string of the molecule is CCCOc1cc(Cl)ccc1[C@H]1CNc2cc(S(=O)(=O)N(PC)PC)ccc2OC1. The molecule has 2 aromatic rings. The van der Waals surface area contributed by atoms with Gasteiger partial charge in [-0.1, -0.05) is 24.6 Å². The molecule has 1 heterocycles. The van der Waals surface area contributed by atoms with E-state index in [0.29, 0.717) is 36.2 Å². The van der Waals surface area contributed by atoms with Gasteiger partial charge in [-0.15, -0.1) is 0 Å². The molecular weight excluding hydrogens is 462 g/mol. The molecule has 0 amide bonds. The van der Waals surface area contributed by atoms with Crippen LogP contribution in [-0.4, -0.2) is 45.4 Å². The Bertz CT molecular complexity index is 987. The van der Waals surface area contributed by atoms with Gasteiger partial charge in [-0.05, 0) is 67.5 Å². The summed E-state index contributed by atoms with van der Waals surface area (Å²) in [5, 5.41) is 4.00. The molecule has 0 saturated carbocycles. The summed E-state index contributed by atoms with van der Waals surface area (Å²) in [5.41, 5.74) is 1.70. The number of halogens is 1. The van der Waals surface area contributed by atoms with Gasteiger partial charge >= 0.3 is 0 Å². The van der Waals surface area contributed by atoms with Gasteiger partial charge in [-0.25, -0.2) is 8.42 Å². The predicted octanol–water partition coefficient (Wildman–Crippen LogP) is 5.15. The Morgan fingerprint density at radius 2 is 2.00 bits per heavy atom. The van der Waals surface area contributed by atoms with E-state index in [1.54, 1.807) is 18.2 Å². The number of nitrogens with zero attached hydrogens (tertiary/aromatic N) is 1. The maximum atomic E-state index is 12.9. The van der Waals surface area contributed by atoms with Crippen molar-refractivity contribution >= 4 is 44.8 Å². The van der Waals surface area contributed by atoms with Crippen molar-refractivity contribution in [3.63, 3.8) is 0 Å². The first-order chi connectivity index (χ1) is 14.4. The largest absolute Gasteiger partial charge is 0.493 e. The molecule has 0 spiro atoms. The third kappa shape index (κ3) is 5.20. The van der Waals surface area contributed by atoms with E-state index in [2.05, 4.69) is 12.2 Å². The van der Waals surface area contributed by atoms with Crippen molar-refractivity contribution in [2.24, 2.45) is 0 Å². The van der Waals surface area contributed by atoms with Crippen molar-refractivity contribution in [3.8, 4) is 11.5 Å². The number of benzene rings is 2. The quantitative estimate of drug-likeness (QED) is 0.520. The van der Waals surface area contributed by atoms with Crippen molar-refractivity contribution in [1.82, 2.24) is 3.85 Å². The molecule has 0 radical (unpaired) electrons. The number of fused-ring (bicyclic) bond motifs is 1. The molecule has 0 bridgehead atoms. The van der Waals surface area contributed by atoms with Gasteiger partial charge in [0.25, 0.3) is 0 Å². The normalized spacial score (nSPS) is 17.2. The number of sulfonamides is 1. The van der Waals surface area contributed by atoms with E-state index in [9.17, 15) is 8.42 Å². The van der Waals surface area contributed by atoms with Crippen molar-refractivity contribution in [1.29, 1.82) is 0 Å². The summed E-state index contributed by atoms with van der Waals surface area (Å²) in [6.07, 6.45) is 0.905. The average molecular weight is 489 g/mol. The number of anilines is 1. The molecule has 0 saturated heterocycles. The zero-order valence-corrected chi connectivity index (χ0v) is 20.8. The lowest BCUT2D eigenvalue weighted by molar-refractivity contribution is 0.285. The second-order valence-electron chi connectivity index (χ2n) is 6.79. The van der Waals surface area contributed by atoms with Crippen LogP contribution in [0.3, 0.4) is 0 Å². The van der Waals surface area contributed by atoms with E-state index in [4.69, 9.17) is 21.1 Å². The first kappa shape index (κ1) is 23.6. The Labute approximate surface area is 187 Å². The van der Waals surface area contributed by atoms with Crippen LogP contribution in [0.5, 0.6) is 11.5 Å². The molecule has 3 atom stereocenters. The summed E-state index contributed by atoms with van der Waals surface area (Å²) >= 11 is 6.16. The van der Waals surface area contributed by atoms with E-state index < -0.39 is 10.0 Å². The zero-order chi connectivity index (χ0) is 21.7. The molecule has 2 unspecified atom stereocenters. The fraction of sp³-hybridized carbons (Fsp3) is 0.400. The second kappa shape index (κ2) is 10.5. The van der Waals surface area contributed by atoms with Crippen LogP contribution >= 0.6 is 29.1 Å². The minimum Gasteiger partial charge on any atom is -0.493 e. The number of hydrogen-bond acceptors (Lipinski definition) is 5. The van der Waals surface area contributed by atoms with Crippen LogP contribution in [-0.2, 0) is 10.0 Å². The standard InChI is InChI=1S/C20H27ClN2O4P2S/c1-4-9-26-20-10-15(21)5-7-17(20)14-12-22-18-11-16(6-8-19(18)27-13-14)30(24,25)23(28-2)29-3/h5-8,10-11,14,22,28-29H,4,9,12-13H2,1-3H3/t14-/m0/s1. The number of hydrogen-bond donors (Lipinski definition) is 1. The van der Waals surface area contributed by atoms with Gasteiger partial charge < -0.3 is 14.8 Å². The van der Waals surface area contributed by atoms with Crippen molar-refractivity contribution in [2.45, 2.75) is 24.2 Å². The van der Waals surface area contributed by atoms with Gasteiger partial charge in [-0.3, -0.25) is 0 Å². The van der Waals surface area contributed by atoms with Gasteiger partial charge in [0.1, 0.15) is 11.5 Å². The minimum atomic E-state index is -3.51. The fourth-order valence-corrected chi connectivity index (χ4v) is 7.59. The van der Waals surface area contributed by atoms with Crippen molar-refractivity contribution in [3.05, 3.63) is 47.0 Å². The van der Waals surface area contributed by atoms with Gasteiger partial charge in [0.05, 0.1) is 23.8 Å². The lowest BCUT2D eigenvalue weighted by Gasteiger charge is -2.19. The zero-order valence-electron chi connectivity index (χ0n) is 17.2. The van der Waals surface area contributed by atoms with Crippen molar-refractivity contribution < 1.29 is 17.9 Å². The maximum absolute atomic E-state index is 12.9. The van der Waals surface area contributed by atoms with Crippen LogP contribution in [0.2, 0.25) is 5.02 Å². The third-order valence-corrected chi connectivity index (χ3v) is 11.0. The van der Waals surface area contributed by atoms with Crippen LogP contribution in [0, 0.1) is 0 Å². The molecule has 1 aliphatic heterocycles. The Morgan fingerprint density at radius 3 is 2.70 bits per heavy atom. The summed E-state index contributed by atoms with van der Waals surface area (Å²) in [5.74, 6) is 1.44. The van der Waals surface area contributed by atoms with Crippen molar-refractivity contribution in [2.75, 3.05) is 38.4 Å². The third-order valence-electron chi connectivity index (χ3n) is 4.75. The Hall–Kier alpha value is -1.10. The highest BCUT2D eigenvalue weighted by molar-refractivity contribution is 7.97. The fourth-order valence-electron chi connectivity index (χ4n) is 3.26. The summed E-state index contributed by atoms with van der Waals surface area (Å²) in [6, 6.07) is 10.7. The number of nitrogens with one attached hydrogen (secondary N) is 1. The summed E-state index contributed by atoms with van der Waals surface area (Å²) in [4.78, 5) is 0.276. The highest BCUT2D eigenvalue weighted by Crippen LogP contribution is 2.39. The molecular formula is C20H27ClN2O4P2S. The predicted molar refractivity (Wildman–Crippen MR) is 128 cm³/mol. The average Bonchev–Trinajstić information content (AvgIpc) is 2.95. The summed E-state index contributed by atoms with van der Waals surface area (Å²) in [7, 11) is -3.13. The molecule has 2 aromatic carbocycles. The highest BCUT2D eigenvalue weighted by atomic mass is 35.5. The molecule has 30 heavy (non-hydrogen) atoms. The van der Waals surface area contributed by atoms with Gasteiger partial charge in [0, 0.05) is 23.0 Å². The molecule has 0 aromatic heterocycles. The number of ether oxygens (including phenoxy) is 2. The van der Waals surface area contributed by atoms with Gasteiger partial charge in [-0.2, -0.15) is 3.85 Å². The molecule has 1 N–H and O–H groups in total. The Balaban J connectivity index is 1.85. The first-order valence-electron chi connectivity index (χ1n) is 9.73. The number of rotatable bonds is 8. The molecule has 10 heteroatoms. The van der Waals surface area contributed by atoms with E-state index in [-0.39, 0.29) is 28.3 Å². The van der Waals surface area contributed by atoms with E-state index in [0.717, 1.165) is 17.7 Å². The molecule has 1 aliphatic rings. The Morgan fingerprint density at radius 1 is 1.23 bits per heavy atom. The molecule has 6 nitrogen and oxygen atoms in total. The van der Waals surface area contributed by atoms with Crippen LogP contribution in [0.25, 0.3) is 0 Å². The Kier molecular flexibility index (Phi) is 8.23. The first-order valence-corrected chi connectivity index (χ1v) is 14.4. The van der Waals surface area contributed by atoms with Crippen LogP contribution in [0.1, 0.15) is 24.8 Å². The topological polar surface area (TPSA) is 67.9 Å². The second-order valence-corrected chi connectivity index (χ2v) is 11.9. The van der Waals surface area contributed by atoms with E-state index in [1.165, 1.54) is 3.85 Å².